The number of amides is 3. The Balaban J connectivity index is 0.000000292. The molecule has 18 nitrogen and oxygen atoms in total. The summed E-state index contributed by atoms with van der Waals surface area (Å²) in [5.74, 6) is -2.76. The van der Waals surface area contributed by atoms with Crippen LogP contribution in [-0.4, -0.2) is 65.4 Å². The molecule has 0 saturated heterocycles. The van der Waals surface area contributed by atoms with Crippen molar-refractivity contribution in [2.24, 2.45) is 11.5 Å². The molecule has 1 aliphatic heterocycles. The Morgan fingerprint density at radius 3 is 2.60 bits per heavy atom. The number of aromatic amines is 1. The predicted molar refractivity (Wildman–Crippen MR) is 170 cm³/mol. The Morgan fingerprint density at radius 2 is 1.92 bits per heavy atom. The van der Waals surface area contributed by atoms with E-state index in [1.54, 1.807) is 12.1 Å². The molecule has 3 aromatic heterocycles. The summed E-state index contributed by atoms with van der Waals surface area (Å²) in [5.41, 5.74) is 13.7. The fourth-order valence-corrected chi connectivity index (χ4v) is 5.06. The average molecular weight is 681 g/mol. The van der Waals surface area contributed by atoms with Crippen LogP contribution in [0.1, 0.15) is 68.0 Å². The van der Waals surface area contributed by atoms with E-state index < -0.39 is 29.2 Å². The number of carbonyl (C=O) groups is 4. The number of hydrogen-bond acceptors (Lipinski definition) is 12. The Labute approximate surface area is 276 Å². The van der Waals surface area contributed by atoms with E-state index in [0.717, 1.165) is 27.3 Å². The standard InChI is InChI=1S/C19H14N8O6.C9H10N2O2.CH4.ClH/c20-14(28)13-16-21-11(6-12(18(30)31)27(16)26-24-13)17(29)22-10-4-2-7-5-8(1-3-9(7)10)15-23-19(32)33-25-15;10-4-6-1-2-8-7(3-6)11-9(12)5-13-8;;/h1,3,5-6,10H,2,4H2,(H2,20,28)(H,22,29)(H,30,31)(H,23,25,32);1-3H,4-5,10H2,(H,11,12);1H4;1H/t10-;;;/m0.../s1. The molecule has 0 bridgehead atoms. The van der Waals surface area contributed by atoms with Crippen LogP contribution in [0.3, 0.4) is 0 Å². The van der Waals surface area contributed by atoms with Gasteiger partial charge in [0.2, 0.25) is 0 Å². The number of H-pyrrole nitrogens is 1. The zero-order valence-electron chi connectivity index (χ0n) is 24.1. The molecule has 4 heterocycles. The lowest BCUT2D eigenvalue weighted by Crippen LogP contribution is -2.29. The van der Waals surface area contributed by atoms with Crippen LogP contribution in [0, 0.1) is 0 Å². The highest BCUT2D eigenvalue weighted by molar-refractivity contribution is 6.00. The molecule has 0 unspecified atom stereocenters. The molecule has 0 radical (unpaired) electrons. The molecular formula is C29H29ClN10O8. The maximum atomic E-state index is 12.9. The van der Waals surface area contributed by atoms with Crippen molar-refractivity contribution in [3.63, 3.8) is 0 Å². The summed E-state index contributed by atoms with van der Waals surface area (Å²) in [4.78, 5) is 64.8. The summed E-state index contributed by atoms with van der Waals surface area (Å²) in [7, 11) is 0. The largest absolute Gasteiger partial charge is 0.482 e. The van der Waals surface area contributed by atoms with Crippen molar-refractivity contribution in [2.45, 2.75) is 32.9 Å². The molecule has 3 amide bonds. The molecule has 0 saturated carbocycles. The molecule has 2 aromatic carbocycles. The number of rotatable bonds is 6. The Bertz CT molecular complexity index is 2110. The van der Waals surface area contributed by atoms with Gasteiger partial charge >= 0.3 is 11.7 Å². The molecule has 250 valence electrons. The third-order valence-electron chi connectivity index (χ3n) is 7.21. The number of aromatic carboxylic acids is 1. The summed E-state index contributed by atoms with van der Waals surface area (Å²) in [6.07, 6.45) is 1.25. The molecule has 0 spiro atoms. The van der Waals surface area contributed by atoms with Crippen LogP contribution in [0.4, 0.5) is 5.69 Å². The number of primary amides is 1. The molecule has 1 aliphatic carbocycles. The zero-order chi connectivity index (χ0) is 32.5. The van der Waals surface area contributed by atoms with Gasteiger partial charge in [0.05, 0.1) is 11.7 Å². The number of halogens is 1. The van der Waals surface area contributed by atoms with Gasteiger partial charge in [-0.1, -0.05) is 36.0 Å². The van der Waals surface area contributed by atoms with E-state index in [1.165, 1.54) is 0 Å². The highest BCUT2D eigenvalue weighted by Gasteiger charge is 2.28. The number of carboxylic acids is 1. The third-order valence-corrected chi connectivity index (χ3v) is 7.21. The van der Waals surface area contributed by atoms with Crippen LogP contribution < -0.4 is 32.6 Å². The van der Waals surface area contributed by atoms with Crippen molar-refractivity contribution in [3.05, 3.63) is 86.8 Å². The fraction of sp³-hybridized carbons (Fsp3) is 0.207. The molecule has 7 rings (SSSR count). The quantitative estimate of drug-likeness (QED) is 0.147. The van der Waals surface area contributed by atoms with Crippen LogP contribution >= 0.6 is 12.4 Å². The molecule has 0 fully saturated rings. The van der Waals surface area contributed by atoms with Crippen molar-refractivity contribution in [2.75, 3.05) is 11.9 Å². The topological polar surface area (TPSA) is 276 Å². The number of carbonyl (C=O) groups excluding carboxylic acids is 3. The number of aryl methyl sites for hydroxylation is 1. The van der Waals surface area contributed by atoms with E-state index in [-0.39, 0.29) is 55.4 Å². The van der Waals surface area contributed by atoms with Gasteiger partial charge in [-0.2, -0.15) is 4.52 Å². The number of nitrogens with two attached hydrogens (primary N) is 2. The first kappa shape index (κ1) is 34.7. The molecule has 48 heavy (non-hydrogen) atoms. The maximum absolute atomic E-state index is 12.9. The van der Waals surface area contributed by atoms with Crippen molar-refractivity contribution >= 4 is 47.4 Å². The molecule has 5 aromatic rings. The van der Waals surface area contributed by atoms with E-state index >= 15 is 0 Å². The van der Waals surface area contributed by atoms with Crippen LogP contribution in [-0.2, 0) is 17.8 Å². The van der Waals surface area contributed by atoms with E-state index in [1.807, 2.05) is 24.3 Å². The van der Waals surface area contributed by atoms with Gasteiger partial charge in [0, 0.05) is 18.2 Å². The number of nitrogens with zero attached hydrogens (tertiary/aromatic N) is 5. The smallest absolute Gasteiger partial charge is 0.439 e. The van der Waals surface area contributed by atoms with Crippen LogP contribution in [0.5, 0.6) is 5.75 Å². The third kappa shape index (κ3) is 6.83. The lowest BCUT2D eigenvalue weighted by atomic mass is 10.0. The fourth-order valence-electron chi connectivity index (χ4n) is 5.06. The van der Waals surface area contributed by atoms with E-state index in [2.05, 4.69) is 40.6 Å². The molecule has 8 N–H and O–H groups in total. The Hall–Kier alpha value is -6.14. The van der Waals surface area contributed by atoms with Crippen LogP contribution in [0.25, 0.3) is 17.0 Å². The second kappa shape index (κ2) is 14.1. The number of benzene rings is 2. The van der Waals surface area contributed by atoms with Crippen molar-refractivity contribution in [1.29, 1.82) is 0 Å². The lowest BCUT2D eigenvalue weighted by molar-refractivity contribution is -0.118. The van der Waals surface area contributed by atoms with Gasteiger partial charge in [-0.3, -0.25) is 23.9 Å². The van der Waals surface area contributed by atoms with Gasteiger partial charge in [0.1, 0.15) is 11.4 Å². The number of aromatic nitrogens is 6. The maximum Gasteiger partial charge on any atom is 0.439 e. The van der Waals surface area contributed by atoms with Gasteiger partial charge < -0.3 is 31.9 Å². The summed E-state index contributed by atoms with van der Waals surface area (Å²) < 4.78 is 10.5. The second-order valence-corrected chi connectivity index (χ2v) is 10.2. The summed E-state index contributed by atoms with van der Waals surface area (Å²) in [6.45, 7) is 0.554. The normalized spacial score (nSPS) is 14.1. The van der Waals surface area contributed by atoms with Gasteiger partial charge in [-0.15, -0.1) is 17.5 Å². The Morgan fingerprint density at radius 1 is 1.12 bits per heavy atom. The monoisotopic (exact) mass is 680 g/mol. The van der Waals surface area contributed by atoms with Crippen LogP contribution in [0.15, 0.2) is 51.8 Å². The minimum Gasteiger partial charge on any atom is -0.482 e. The van der Waals surface area contributed by atoms with Gasteiger partial charge in [0.15, 0.2) is 29.5 Å². The Kier molecular flexibility index (Phi) is 10.2. The number of anilines is 1. The number of ether oxygens (including phenoxy) is 1. The number of nitrogens with one attached hydrogen (secondary N) is 3. The minimum absolute atomic E-state index is 0. The first-order valence-electron chi connectivity index (χ1n) is 13.7. The first-order chi connectivity index (χ1) is 22.1. The van der Waals surface area contributed by atoms with Gasteiger partial charge in [0.25, 0.3) is 17.7 Å². The van der Waals surface area contributed by atoms with Crippen LogP contribution in [0.2, 0.25) is 0 Å². The number of carboxylic acid groups (broad SMARTS) is 1. The van der Waals surface area contributed by atoms with E-state index in [0.29, 0.717) is 42.2 Å². The van der Waals surface area contributed by atoms with Crippen molar-refractivity contribution in [1.82, 2.24) is 35.3 Å². The van der Waals surface area contributed by atoms with Crippen molar-refractivity contribution < 1.29 is 33.5 Å². The van der Waals surface area contributed by atoms with E-state index in [4.69, 9.17) is 16.2 Å². The predicted octanol–water partition coefficient (Wildman–Crippen LogP) is 1.22. The van der Waals surface area contributed by atoms with E-state index in [9.17, 15) is 29.1 Å². The van der Waals surface area contributed by atoms with Crippen molar-refractivity contribution in [3.8, 4) is 17.1 Å². The first-order valence-corrected chi connectivity index (χ1v) is 13.7. The minimum atomic E-state index is -1.39. The number of hydrogen-bond donors (Lipinski definition) is 6. The SMILES string of the molecule is C.Cl.NC(=O)c1nnn2c(C(=O)O)cc(C(=O)N[C@H]3CCc4cc(-c5noc(=O)[nH]5)ccc43)nc12.NCc1ccc2c(c1)NC(=O)CO2. The van der Waals surface area contributed by atoms with Gasteiger partial charge in [-0.05, 0) is 47.7 Å². The van der Waals surface area contributed by atoms with Gasteiger partial charge in [-0.25, -0.2) is 14.6 Å². The molecule has 19 heteroatoms. The lowest BCUT2D eigenvalue weighted by Gasteiger charge is -2.18. The summed E-state index contributed by atoms with van der Waals surface area (Å²) >= 11 is 0. The second-order valence-electron chi connectivity index (χ2n) is 10.2. The zero-order valence-corrected chi connectivity index (χ0v) is 24.9. The highest BCUT2D eigenvalue weighted by Crippen LogP contribution is 2.34. The summed E-state index contributed by atoms with van der Waals surface area (Å²) in [5, 5.41) is 25.8. The molecular weight excluding hydrogens is 652 g/mol. The number of fused-ring (bicyclic) bond motifs is 3. The summed E-state index contributed by atoms with van der Waals surface area (Å²) in [6, 6.07) is 11.6. The molecule has 2 aliphatic rings. The molecule has 1 atom stereocenters. The average Bonchev–Trinajstić information content (AvgIpc) is 3.78. The highest BCUT2D eigenvalue weighted by atomic mass is 35.5.